The summed E-state index contributed by atoms with van der Waals surface area (Å²) >= 11 is 0. The van der Waals surface area contributed by atoms with Crippen LogP contribution in [0.2, 0.25) is 0 Å². The summed E-state index contributed by atoms with van der Waals surface area (Å²) in [5, 5.41) is 8.50. The van der Waals surface area contributed by atoms with Gasteiger partial charge in [0.1, 0.15) is 11.6 Å². The topological polar surface area (TPSA) is 42.2 Å². The minimum Gasteiger partial charge on any atom is -0.467 e. The average molecular weight is 195 g/mol. The molecule has 74 valence electrons. The molecular formula is C10H10FNO2. The van der Waals surface area contributed by atoms with E-state index in [-0.39, 0.29) is 19.0 Å². The van der Waals surface area contributed by atoms with E-state index in [9.17, 15) is 4.39 Å². The summed E-state index contributed by atoms with van der Waals surface area (Å²) < 4.78 is 22.7. The number of halogens is 1. The van der Waals surface area contributed by atoms with Crippen LogP contribution in [0.3, 0.4) is 0 Å². The fourth-order valence-electron chi connectivity index (χ4n) is 1.03. The Balaban J connectivity index is 2.85. The lowest BCUT2D eigenvalue weighted by Crippen LogP contribution is -2.01. The smallest absolute Gasteiger partial charge is 0.188 e. The molecule has 14 heavy (non-hydrogen) atoms. The van der Waals surface area contributed by atoms with Crippen LogP contribution in [0.4, 0.5) is 4.39 Å². The van der Waals surface area contributed by atoms with Gasteiger partial charge in [-0.2, -0.15) is 5.26 Å². The highest BCUT2D eigenvalue weighted by atomic mass is 19.1. The summed E-state index contributed by atoms with van der Waals surface area (Å²) in [6, 6.07) is 6.00. The zero-order chi connectivity index (χ0) is 10.4. The van der Waals surface area contributed by atoms with E-state index in [1.165, 1.54) is 25.3 Å². The zero-order valence-corrected chi connectivity index (χ0v) is 7.79. The lowest BCUT2D eigenvalue weighted by atomic mass is 10.1. The standard InChI is InChI=1S/C10H10FNO2/c1-13-7-14-10-3-2-9(11)6-8(10)4-5-12/h2-3,6H,4,7H2,1H3. The van der Waals surface area contributed by atoms with Crippen LogP contribution in [0, 0.1) is 17.1 Å². The number of benzene rings is 1. The van der Waals surface area contributed by atoms with E-state index in [1.807, 2.05) is 6.07 Å². The average Bonchev–Trinajstić information content (AvgIpc) is 2.17. The molecule has 0 N–H and O–H groups in total. The molecule has 0 saturated heterocycles. The maximum absolute atomic E-state index is 12.8. The van der Waals surface area contributed by atoms with E-state index in [0.29, 0.717) is 11.3 Å². The summed E-state index contributed by atoms with van der Waals surface area (Å²) in [6.07, 6.45) is 0.122. The van der Waals surface area contributed by atoms with E-state index in [1.54, 1.807) is 0 Å². The Bertz CT molecular complexity index is 346. The molecule has 0 radical (unpaired) electrons. The van der Waals surface area contributed by atoms with Crippen molar-refractivity contribution in [2.75, 3.05) is 13.9 Å². The van der Waals surface area contributed by atoms with Gasteiger partial charge >= 0.3 is 0 Å². The van der Waals surface area contributed by atoms with E-state index < -0.39 is 0 Å². The predicted octanol–water partition coefficient (Wildman–Crippen LogP) is 1.87. The maximum atomic E-state index is 12.8. The summed E-state index contributed by atoms with van der Waals surface area (Å²) in [6.45, 7) is 0.0874. The molecule has 0 saturated carbocycles. The minimum absolute atomic E-state index is 0.0874. The van der Waals surface area contributed by atoms with Crippen LogP contribution >= 0.6 is 0 Å². The van der Waals surface area contributed by atoms with Crippen molar-refractivity contribution in [2.24, 2.45) is 0 Å². The van der Waals surface area contributed by atoms with E-state index in [0.717, 1.165) is 0 Å². The molecule has 0 unspecified atom stereocenters. The van der Waals surface area contributed by atoms with Gasteiger partial charge in [0.15, 0.2) is 6.79 Å². The Kier molecular flexibility index (Phi) is 3.89. The first-order valence-electron chi connectivity index (χ1n) is 4.05. The second-order valence-electron chi connectivity index (χ2n) is 2.64. The van der Waals surface area contributed by atoms with Crippen LogP contribution in [-0.2, 0) is 11.2 Å². The number of hydrogen-bond donors (Lipinski definition) is 0. The Labute approximate surface area is 81.7 Å². The van der Waals surface area contributed by atoms with Gasteiger partial charge in [-0.1, -0.05) is 0 Å². The minimum atomic E-state index is -0.375. The van der Waals surface area contributed by atoms with Gasteiger partial charge in [-0.3, -0.25) is 0 Å². The van der Waals surface area contributed by atoms with Crippen molar-refractivity contribution < 1.29 is 13.9 Å². The Hall–Kier alpha value is -1.60. The third-order valence-electron chi connectivity index (χ3n) is 1.62. The van der Waals surface area contributed by atoms with Crippen LogP contribution in [-0.4, -0.2) is 13.9 Å². The largest absolute Gasteiger partial charge is 0.467 e. The molecule has 0 aliphatic rings. The Morgan fingerprint density at radius 2 is 2.29 bits per heavy atom. The van der Waals surface area contributed by atoms with Gasteiger partial charge in [0.2, 0.25) is 0 Å². The first-order valence-corrected chi connectivity index (χ1v) is 4.05. The molecule has 0 bridgehead atoms. The zero-order valence-electron chi connectivity index (χ0n) is 7.79. The van der Waals surface area contributed by atoms with Gasteiger partial charge in [-0.15, -0.1) is 0 Å². The highest BCUT2D eigenvalue weighted by molar-refractivity contribution is 5.35. The van der Waals surface area contributed by atoms with Crippen LogP contribution in [0.1, 0.15) is 5.56 Å². The number of methoxy groups -OCH3 is 1. The molecule has 4 heteroatoms. The first-order chi connectivity index (χ1) is 6.77. The van der Waals surface area contributed by atoms with Gasteiger partial charge in [0.05, 0.1) is 12.5 Å². The van der Waals surface area contributed by atoms with Gasteiger partial charge in [-0.05, 0) is 18.2 Å². The van der Waals surface area contributed by atoms with Gasteiger partial charge in [-0.25, -0.2) is 4.39 Å². The van der Waals surface area contributed by atoms with Gasteiger partial charge in [0, 0.05) is 12.7 Å². The molecule has 0 atom stereocenters. The molecule has 0 heterocycles. The monoisotopic (exact) mass is 195 g/mol. The van der Waals surface area contributed by atoms with Crippen LogP contribution in [0.25, 0.3) is 0 Å². The summed E-state index contributed by atoms with van der Waals surface area (Å²) in [5.74, 6) is 0.106. The van der Waals surface area contributed by atoms with E-state index >= 15 is 0 Å². The second-order valence-corrected chi connectivity index (χ2v) is 2.64. The maximum Gasteiger partial charge on any atom is 0.188 e. The van der Waals surface area contributed by atoms with Crippen LogP contribution in [0.15, 0.2) is 18.2 Å². The number of nitrogens with zero attached hydrogens (tertiary/aromatic N) is 1. The number of ether oxygens (including phenoxy) is 2. The Morgan fingerprint density at radius 1 is 1.50 bits per heavy atom. The normalized spacial score (nSPS) is 9.50. The summed E-state index contributed by atoms with van der Waals surface area (Å²) in [5.41, 5.74) is 0.532. The summed E-state index contributed by atoms with van der Waals surface area (Å²) in [4.78, 5) is 0. The number of rotatable bonds is 4. The fraction of sp³-hybridized carbons (Fsp3) is 0.300. The quantitative estimate of drug-likeness (QED) is 0.689. The summed E-state index contributed by atoms with van der Waals surface area (Å²) in [7, 11) is 1.49. The highest BCUT2D eigenvalue weighted by Crippen LogP contribution is 2.19. The fourth-order valence-corrected chi connectivity index (χ4v) is 1.03. The first kappa shape index (κ1) is 10.5. The molecule has 1 aromatic rings. The molecule has 0 aliphatic heterocycles. The van der Waals surface area contributed by atoms with Gasteiger partial charge < -0.3 is 9.47 Å². The van der Waals surface area contributed by atoms with E-state index in [2.05, 4.69) is 0 Å². The van der Waals surface area contributed by atoms with Crippen LogP contribution in [0.5, 0.6) is 5.75 Å². The molecule has 3 nitrogen and oxygen atoms in total. The van der Waals surface area contributed by atoms with Crippen LogP contribution < -0.4 is 4.74 Å². The Morgan fingerprint density at radius 3 is 2.93 bits per heavy atom. The van der Waals surface area contributed by atoms with Crippen molar-refractivity contribution in [3.05, 3.63) is 29.6 Å². The number of nitriles is 1. The van der Waals surface area contributed by atoms with Crippen molar-refractivity contribution in [1.29, 1.82) is 5.26 Å². The molecular weight excluding hydrogens is 185 g/mol. The third-order valence-corrected chi connectivity index (χ3v) is 1.62. The van der Waals surface area contributed by atoms with Crippen molar-refractivity contribution in [1.82, 2.24) is 0 Å². The second kappa shape index (κ2) is 5.20. The van der Waals surface area contributed by atoms with Crippen molar-refractivity contribution in [3.8, 4) is 11.8 Å². The SMILES string of the molecule is COCOc1ccc(F)cc1CC#N. The van der Waals surface area contributed by atoms with Crippen molar-refractivity contribution in [3.63, 3.8) is 0 Å². The van der Waals surface area contributed by atoms with E-state index in [4.69, 9.17) is 14.7 Å². The van der Waals surface area contributed by atoms with Crippen molar-refractivity contribution >= 4 is 0 Å². The molecule has 0 spiro atoms. The molecule has 0 amide bonds. The third kappa shape index (κ3) is 2.71. The molecule has 0 aromatic heterocycles. The van der Waals surface area contributed by atoms with Gasteiger partial charge in [0.25, 0.3) is 0 Å². The molecule has 1 aromatic carbocycles. The van der Waals surface area contributed by atoms with Crippen molar-refractivity contribution in [2.45, 2.75) is 6.42 Å². The molecule has 0 fully saturated rings. The highest BCUT2D eigenvalue weighted by Gasteiger charge is 2.04. The predicted molar refractivity (Wildman–Crippen MR) is 48.2 cm³/mol. The lowest BCUT2D eigenvalue weighted by Gasteiger charge is -2.08. The number of hydrogen-bond acceptors (Lipinski definition) is 3. The molecule has 1 rings (SSSR count). The lowest BCUT2D eigenvalue weighted by molar-refractivity contribution is 0.0504. The molecule has 0 aliphatic carbocycles.